The Bertz CT molecular complexity index is 2560. The Labute approximate surface area is 252 Å². The third-order valence-electron chi connectivity index (χ3n) is 8.67. The van der Waals surface area contributed by atoms with E-state index in [-0.39, 0.29) is 5.56 Å². The minimum atomic E-state index is -0.0528. The number of aromatic nitrogens is 3. The van der Waals surface area contributed by atoms with Crippen molar-refractivity contribution in [3.05, 3.63) is 162 Å². The minimum absolute atomic E-state index is 0.0528. The lowest BCUT2D eigenvalue weighted by Gasteiger charge is -2.19. The summed E-state index contributed by atoms with van der Waals surface area (Å²) in [6.45, 7) is 0. The fraction of sp³-hybridized carbons (Fsp3) is 0. The molecule has 0 N–H and O–H groups in total. The van der Waals surface area contributed by atoms with Gasteiger partial charge in [0.25, 0.3) is 5.56 Å². The van der Waals surface area contributed by atoms with Crippen molar-refractivity contribution in [2.24, 2.45) is 0 Å². The SMILES string of the molecule is O=c1c2ccccc2c2c(c3ccccc3n3c4ccccc4nc23)n1-c1cc(-c2ccccc2)cc(-c2ccccc2)c1. The van der Waals surface area contributed by atoms with Crippen LogP contribution in [0.1, 0.15) is 0 Å². The van der Waals surface area contributed by atoms with Crippen LogP contribution >= 0.6 is 0 Å². The molecule has 0 spiro atoms. The van der Waals surface area contributed by atoms with Gasteiger partial charge in [-0.05, 0) is 64.7 Å². The van der Waals surface area contributed by atoms with Gasteiger partial charge in [0.2, 0.25) is 0 Å². The standard InChI is InChI=1S/C40H25N3O/c44-40-32-18-8-7-17-31(32)37-38(33-19-9-11-21-35(33)43-36-22-12-10-20-34(36)41-39(37)43)42(40)30-24-28(26-13-3-1-4-14-26)23-29(25-30)27-15-5-2-6-16-27/h1-25H. The minimum Gasteiger partial charge on any atom is -0.292 e. The summed E-state index contributed by atoms with van der Waals surface area (Å²) in [6.07, 6.45) is 0. The third kappa shape index (κ3) is 3.58. The highest BCUT2D eigenvalue weighted by molar-refractivity contribution is 6.22. The topological polar surface area (TPSA) is 39.3 Å². The summed E-state index contributed by atoms with van der Waals surface area (Å²) in [5, 5.41) is 3.52. The van der Waals surface area contributed by atoms with Crippen molar-refractivity contribution in [3.63, 3.8) is 0 Å². The van der Waals surface area contributed by atoms with Crippen molar-refractivity contribution in [2.45, 2.75) is 0 Å². The van der Waals surface area contributed by atoms with Crippen molar-refractivity contribution in [1.29, 1.82) is 0 Å². The molecule has 0 aliphatic heterocycles. The third-order valence-corrected chi connectivity index (χ3v) is 8.67. The molecular weight excluding hydrogens is 538 g/mol. The van der Waals surface area contributed by atoms with E-state index in [9.17, 15) is 4.79 Å². The van der Waals surface area contributed by atoms with Gasteiger partial charge in [0, 0.05) is 16.2 Å². The highest BCUT2D eigenvalue weighted by Gasteiger charge is 2.21. The van der Waals surface area contributed by atoms with Crippen LogP contribution in [0, 0.1) is 0 Å². The van der Waals surface area contributed by atoms with Crippen LogP contribution in [0.4, 0.5) is 0 Å². The molecule has 0 aliphatic carbocycles. The van der Waals surface area contributed by atoms with Gasteiger partial charge in [-0.3, -0.25) is 13.8 Å². The molecule has 9 aromatic rings. The van der Waals surface area contributed by atoms with E-state index < -0.39 is 0 Å². The zero-order chi connectivity index (χ0) is 29.2. The van der Waals surface area contributed by atoms with Gasteiger partial charge in [0.1, 0.15) is 5.65 Å². The quantitative estimate of drug-likeness (QED) is 0.201. The number of hydrogen-bond donors (Lipinski definition) is 0. The average molecular weight is 564 g/mol. The van der Waals surface area contributed by atoms with E-state index >= 15 is 0 Å². The van der Waals surface area contributed by atoms with Crippen molar-refractivity contribution in [3.8, 4) is 27.9 Å². The van der Waals surface area contributed by atoms with Crippen molar-refractivity contribution >= 4 is 49.3 Å². The highest BCUT2D eigenvalue weighted by atomic mass is 16.1. The fourth-order valence-electron chi connectivity index (χ4n) is 6.72. The molecule has 6 aromatic carbocycles. The summed E-state index contributed by atoms with van der Waals surface area (Å²) in [4.78, 5) is 19.9. The van der Waals surface area contributed by atoms with E-state index in [0.717, 1.165) is 71.8 Å². The molecule has 0 aliphatic rings. The Morgan fingerprint density at radius 3 is 1.70 bits per heavy atom. The molecule has 3 heterocycles. The molecule has 44 heavy (non-hydrogen) atoms. The molecule has 9 rings (SSSR count). The number of para-hydroxylation sites is 3. The molecule has 0 fully saturated rings. The first-order valence-electron chi connectivity index (χ1n) is 14.8. The lowest BCUT2D eigenvalue weighted by atomic mass is 9.97. The van der Waals surface area contributed by atoms with Gasteiger partial charge in [-0.1, -0.05) is 109 Å². The Balaban J connectivity index is 1.52. The van der Waals surface area contributed by atoms with Crippen molar-refractivity contribution < 1.29 is 0 Å². The lowest BCUT2D eigenvalue weighted by molar-refractivity contribution is 1.06. The molecule has 0 saturated heterocycles. The van der Waals surface area contributed by atoms with Gasteiger partial charge in [-0.15, -0.1) is 0 Å². The maximum atomic E-state index is 14.7. The average Bonchev–Trinajstić information content (AvgIpc) is 3.49. The summed E-state index contributed by atoms with van der Waals surface area (Å²) < 4.78 is 4.16. The molecule has 3 aromatic heterocycles. The second kappa shape index (κ2) is 9.51. The highest BCUT2D eigenvalue weighted by Crippen LogP contribution is 2.38. The van der Waals surface area contributed by atoms with Crippen LogP contribution in [0.15, 0.2) is 156 Å². The maximum absolute atomic E-state index is 14.7. The van der Waals surface area contributed by atoms with Gasteiger partial charge in [-0.25, -0.2) is 4.98 Å². The lowest BCUT2D eigenvalue weighted by Crippen LogP contribution is -2.20. The molecule has 0 unspecified atom stereocenters. The van der Waals surface area contributed by atoms with E-state index in [2.05, 4.69) is 108 Å². The predicted molar refractivity (Wildman–Crippen MR) is 182 cm³/mol. The summed E-state index contributed by atoms with van der Waals surface area (Å²) in [6, 6.07) is 51.7. The van der Waals surface area contributed by atoms with Crippen LogP contribution in [0.25, 0.3) is 77.2 Å². The predicted octanol–water partition coefficient (Wildman–Crippen LogP) is 9.43. The number of nitrogens with zero attached hydrogens (tertiary/aromatic N) is 3. The Kier molecular flexibility index (Phi) is 5.32. The summed E-state index contributed by atoms with van der Waals surface area (Å²) in [5.41, 5.74) is 9.72. The maximum Gasteiger partial charge on any atom is 0.263 e. The number of hydrogen-bond acceptors (Lipinski definition) is 2. The number of fused-ring (bicyclic) bond motifs is 10. The Hall–Kier alpha value is -6.00. The first kappa shape index (κ1) is 24.6. The molecule has 4 nitrogen and oxygen atoms in total. The summed E-state index contributed by atoms with van der Waals surface area (Å²) >= 11 is 0. The zero-order valence-corrected chi connectivity index (χ0v) is 23.7. The van der Waals surface area contributed by atoms with E-state index in [4.69, 9.17) is 4.98 Å². The van der Waals surface area contributed by atoms with Gasteiger partial charge in [0.15, 0.2) is 0 Å². The zero-order valence-electron chi connectivity index (χ0n) is 23.7. The van der Waals surface area contributed by atoms with Crippen LogP contribution < -0.4 is 5.56 Å². The summed E-state index contributed by atoms with van der Waals surface area (Å²) in [5.74, 6) is 0. The number of pyridine rings is 2. The molecule has 0 bridgehead atoms. The van der Waals surface area contributed by atoms with E-state index in [1.807, 2.05) is 53.1 Å². The van der Waals surface area contributed by atoms with Gasteiger partial charge in [0.05, 0.1) is 33.1 Å². The molecule has 0 saturated carbocycles. The Morgan fingerprint density at radius 2 is 1.02 bits per heavy atom. The second-order valence-electron chi connectivity index (χ2n) is 11.2. The number of rotatable bonds is 3. The molecule has 206 valence electrons. The van der Waals surface area contributed by atoms with Crippen LogP contribution in [-0.2, 0) is 0 Å². The van der Waals surface area contributed by atoms with Gasteiger partial charge in [-0.2, -0.15) is 0 Å². The molecular formula is C40H25N3O. The molecule has 0 radical (unpaired) electrons. The van der Waals surface area contributed by atoms with Crippen LogP contribution in [0.2, 0.25) is 0 Å². The molecule has 0 amide bonds. The number of benzene rings is 6. The number of imidazole rings is 1. The van der Waals surface area contributed by atoms with Crippen LogP contribution in [0.5, 0.6) is 0 Å². The van der Waals surface area contributed by atoms with E-state index in [1.165, 1.54) is 0 Å². The largest absolute Gasteiger partial charge is 0.292 e. The van der Waals surface area contributed by atoms with Crippen molar-refractivity contribution in [2.75, 3.05) is 0 Å². The van der Waals surface area contributed by atoms with Crippen molar-refractivity contribution in [1.82, 2.24) is 14.0 Å². The molecule has 4 heteroatoms. The van der Waals surface area contributed by atoms with E-state index in [0.29, 0.717) is 5.39 Å². The van der Waals surface area contributed by atoms with E-state index in [1.54, 1.807) is 0 Å². The first-order chi connectivity index (χ1) is 21.8. The fourth-order valence-corrected chi connectivity index (χ4v) is 6.72. The Morgan fingerprint density at radius 1 is 0.477 bits per heavy atom. The van der Waals surface area contributed by atoms with Crippen LogP contribution in [0.3, 0.4) is 0 Å². The smallest absolute Gasteiger partial charge is 0.263 e. The van der Waals surface area contributed by atoms with Crippen LogP contribution in [-0.4, -0.2) is 14.0 Å². The second-order valence-corrected chi connectivity index (χ2v) is 11.2. The monoisotopic (exact) mass is 563 g/mol. The summed E-state index contributed by atoms with van der Waals surface area (Å²) in [7, 11) is 0. The van der Waals surface area contributed by atoms with Gasteiger partial charge >= 0.3 is 0 Å². The molecule has 0 atom stereocenters. The normalized spacial score (nSPS) is 11.7. The first-order valence-corrected chi connectivity index (χ1v) is 14.8. The van der Waals surface area contributed by atoms with Gasteiger partial charge < -0.3 is 0 Å².